The molecular weight excluding hydrogens is 242 g/mol. The number of urea groups is 1. The lowest BCUT2D eigenvalue weighted by Crippen LogP contribution is -2.45. The second kappa shape index (κ2) is 4.45. The zero-order valence-corrected chi connectivity index (χ0v) is 9.96. The van der Waals surface area contributed by atoms with Gasteiger partial charge < -0.3 is 5.32 Å². The van der Waals surface area contributed by atoms with Gasteiger partial charge in [0.2, 0.25) is 0 Å². The van der Waals surface area contributed by atoms with Gasteiger partial charge in [-0.25, -0.2) is 15.2 Å². The lowest BCUT2D eigenvalue weighted by molar-refractivity contribution is 0.0979. The molecule has 2 aromatic carbocycles. The molecular formula is C14H11N3O2. The fourth-order valence-corrected chi connectivity index (χ4v) is 1.96. The van der Waals surface area contributed by atoms with Gasteiger partial charge in [-0.2, -0.15) is 0 Å². The molecule has 94 valence electrons. The van der Waals surface area contributed by atoms with Crippen molar-refractivity contribution in [1.29, 1.82) is 0 Å². The van der Waals surface area contributed by atoms with Gasteiger partial charge in [-0.15, -0.1) is 0 Å². The summed E-state index contributed by atoms with van der Waals surface area (Å²) in [7, 11) is 0. The summed E-state index contributed by atoms with van der Waals surface area (Å²) in [5, 5.41) is 3.88. The van der Waals surface area contributed by atoms with E-state index >= 15 is 0 Å². The van der Waals surface area contributed by atoms with E-state index in [9.17, 15) is 9.59 Å². The van der Waals surface area contributed by atoms with Crippen LogP contribution in [-0.2, 0) is 0 Å². The van der Waals surface area contributed by atoms with Crippen molar-refractivity contribution in [2.45, 2.75) is 0 Å². The summed E-state index contributed by atoms with van der Waals surface area (Å²) in [5.74, 6) is -0.278. The van der Waals surface area contributed by atoms with Crippen LogP contribution in [0, 0.1) is 0 Å². The van der Waals surface area contributed by atoms with Crippen molar-refractivity contribution in [3.63, 3.8) is 0 Å². The van der Waals surface area contributed by atoms with Crippen LogP contribution in [0.15, 0.2) is 54.6 Å². The number of fused-ring (bicyclic) bond motifs is 1. The minimum atomic E-state index is -0.442. The topological polar surface area (TPSA) is 61.4 Å². The fourth-order valence-electron chi connectivity index (χ4n) is 1.96. The van der Waals surface area contributed by atoms with Crippen molar-refractivity contribution in [2.75, 3.05) is 10.3 Å². The highest BCUT2D eigenvalue weighted by Crippen LogP contribution is 2.22. The summed E-state index contributed by atoms with van der Waals surface area (Å²) < 4.78 is 0. The van der Waals surface area contributed by atoms with Crippen LogP contribution in [0.25, 0.3) is 0 Å². The van der Waals surface area contributed by atoms with Gasteiger partial charge in [0, 0.05) is 0 Å². The van der Waals surface area contributed by atoms with Crippen LogP contribution in [0.5, 0.6) is 0 Å². The number of hydrazine groups is 1. The summed E-state index contributed by atoms with van der Waals surface area (Å²) in [5.41, 5.74) is 4.09. The first kappa shape index (κ1) is 11.3. The van der Waals surface area contributed by atoms with Crippen molar-refractivity contribution < 1.29 is 9.59 Å². The number of anilines is 2. The van der Waals surface area contributed by atoms with E-state index in [1.54, 1.807) is 48.5 Å². The van der Waals surface area contributed by atoms with Crippen molar-refractivity contribution in [3.05, 3.63) is 60.2 Å². The summed E-state index contributed by atoms with van der Waals surface area (Å²) in [6, 6.07) is 15.4. The standard InChI is InChI=1S/C14H11N3O2/c18-13-11-8-4-5-9-12(11)15-14(19)16-17(13)10-6-2-1-3-7-10/h1-9H,(H2,15,16,19). The minimum absolute atomic E-state index is 0.278. The Morgan fingerprint density at radius 3 is 2.32 bits per heavy atom. The van der Waals surface area contributed by atoms with Gasteiger partial charge in [0.15, 0.2) is 0 Å². The maximum Gasteiger partial charge on any atom is 0.338 e. The third-order valence-electron chi connectivity index (χ3n) is 2.84. The van der Waals surface area contributed by atoms with Gasteiger partial charge in [0.05, 0.1) is 16.9 Å². The lowest BCUT2D eigenvalue weighted by Gasteiger charge is -2.20. The number of carbonyl (C=O) groups is 2. The van der Waals surface area contributed by atoms with Gasteiger partial charge in [-0.05, 0) is 24.3 Å². The Morgan fingerprint density at radius 2 is 1.53 bits per heavy atom. The number of rotatable bonds is 1. The normalized spacial score (nSPS) is 14.2. The zero-order chi connectivity index (χ0) is 13.2. The molecule has 0 aromatic heterocycles. The number of para-hydroxylation sites is 2. The third kappa shape index (κ3) is 2.01. The number of hydrogen-bond acceptors (Lipinski definition) is 2. The van der Waals surface area contributed by atoms with Crippen LogP contribution in [0.3, 0.4) is 0 Å². The molecule has 0 saturated carbocycles. The molecule has 2 N–H and O–H groups in total. The Morgan fingerprint density at radius 1 is 0.842 bits per heavy atom. The van der Waals surface area contributed by atoms with Gasteiger partial charge in [0.1, 0.15) is 0 Å². The van der Waals surface area contributed by atoms with Crippen molar-refractivity contribution >= 4 is 23.3 Å². The molecule has 0 spiro atoms. The molecule has 0 bridgehead atoms. The fraction of sp³-hybridized carbons (Fsp3) is 0. The molecule has 19 heavy (non-hydrogen) atoms. The zero-order valence-electron chi connectivity index (χ0n) is 9.96. The smallest absolute Gasteiger partial charge is 0.306 e. The first-order valence-corrected chi connectivity index (χ1v) is 5.82. The van der Waals surface area contributed by atoms with Crippen molar-refractivity contribution in [1.82, 2.24) is 5.43 Å². The molecule has 3 amide bonds. The molecule has 0 radical (unpaired) electrons. The van der Waals surface area contributed by atoms with E-state index in [1.807, 2.05) is 6.07 Å². The van der Waals surface area contributed by atoms with Gasteiger partial charge in [-0.3, -0.25) is 4.79 Å². The van der Waals surface area contributed by atoms with Crippen LogP contribution in [0.4, 0.5) is 16.2 Å². The number of nitrogens with zero attached hydrogens (tertiary/aromatic N) is 1. The second-order valence-electron chi connectivity index (χ2n) is 4.09. The average molecular weight is 253 g/mol. The van der Waals surface area contributed by atoms with E-state index in [-0.39, 0.29) is 5.91 Å². The molecule has 1 heterocycles. The number of carbonyl (C=O) groups excluding carboxylic acids is 2. The highest BCUT2D eigenvalue weighted by atomic mass is 16.2. The van der Waals surface area contributed by atoms with Crippen molar-refractivity contribution in [3.8, 4) is 0 Å². The summed E-state index contributed by atoms with van der Waals surface area (Å²) in [6.07, 6.45) is 0. The first-order chi connectivity index (χ1) is 9.25. The van der Waals surface area contributed by atoms with Crippen LogP contribution < -0.4 is 15.8 Å². The van der Waals surface area contributed by atoms with Gasteiger partial charge >= 0.3 is 6.03 Å². The van der Waals surface area contributed by atoms with E-state index in [2.05, 4.69) is 10.7 Å². The first-order valence-electron chi connectivity index (χ1n) is 5.82. The molecule has 0 aliphatic carbocycles. The molecule has 2 aromatic rings. The molecule has 5 nitrogen and oxygen atoms in total. The Bertz CT molecular complexity index is 640. The molecule has 0 atom stereocenters. The van der Waals surface area contributed by atoms with Gasteiger partial charge in [0.25, 0.3) is 5.91 Å². The minimum Gasteiger partial charge on any atom is -0.306 e. The van der Waals surface area contributed by atoms with Crippen molar-refractivity contribution in [2.24, 2.45) is 0 Å². The SMILES string of the molecule is O=C1Nc2ccccc2C(=O)N(c2ccccc2)N1. The molecule has 0 saturated heterocycles. The quantitative estimate of drug-likeness (QED) is 0.819. The Hall–Kier alpha value is -2.82. The van der Waals surface area contributed by atoms with E-state index in [0.717, 1.165) is 0 Å². The Balaban J connectivity index is 2.08. The number of hydrogen-bond donors (Lipinski definition) is 2. The Kier molecular flexibility index (Phi) is 2.64. The van der Waals surface area contributed by atoms with Crippen LogP contribution in [0.1, 0.15) is 10.4 Å². The summed E-state index contributed by atoms with van der Waals surface area (Å²) >= 11 is 0. The number of nitrogens with one attached hydrogen (secondary N) is 2. The molecule has 1 aliphatic rings. The lowest BCUT2D eigenvalue weighted by atomic mass is 10.1. The number of amides is 3. The van der Waals surface area contributed by atoms with Crippen LogP contribution in [-0.4, -0.2) is 11.9 Å². The molecule has 1 aliphatic heterocycles. The summed E-state index contributed by atoms with van der Waals surface area (Å²) in [6.45, 7) is 0. The molecule has 5 heteroatoms. The van der Waals surface area contributed by atoms with Crippen LogP contribution >= 0.6 is 0 Å². The largest absolute Gasteiger partial charge is 0.338 e. The highest BCUT2D eigenvalue weighted by Gasteiger charge is 2.26. The predicted octanol–water partition coefficient (Wildman–Crippen LogP) is 2.38. The van der Waals surface area contributed by atoms with E-state index in [1.165, 1.54) is 5.01 Å². The van der Waals surface area contributed by atoms with Gasteiger partial charge in [-0.1, -0.05) is 30.3 Å². The van der Waals surface area contributed by atoms with Crippen LogP contribution in [0.2, 0.25) is 0 Å². The van der Waals surface area contributed by atoms with E-state index < -0.39 is 6.03 Å². The Labute approximate surface area is 109 Å². The molecule has 0 fully saturated rings. The van der Waals surface area contributed by atoms with E-state index in [4.69, 9.17) is 0 Å². The number of benzene rings is 2. The maximum atomic E-state index is 12.5. The molecule has 0 unspecified atom stereocenters. The predicted molar refractivity (Wildman–Crippen MR) is 71.8 cm³/mol. The monoisotopic (exact) mass is 253 g/mol. The molecule has 3 rings (SSSR count). The maximum absolute atomic E-state index is 12.5. The second-order valence-corrected chi connectivity index (χ2v) is 4.09. The third-order valence-corrected chi connectivity index (χ3v) is 2.84. The highest BCUT2D eigenvalue weighted by molar-refractivity contribution is 6.14. The summed E-state index contributed by atoms with van der Waals surface area (Å²) in [4.78, 5) is 24.2. The average Bonchev–Trinajstić information content (AvgIpc) is 2.57. The van der Waals surface area contributed by atoms with E-state index in [0.29, 0.717) is 16.9 Å².